The molecule has 0 spiro atoms. The molecule has 0 radical (unpaired) electrons. The first kappa shape index (κ1) is 15.0. The minimum absolute atomic E-state index is 0.502. The predicted molar refractivity (Wildman–Crippen MR) is 74.6 cm³/mol. The van der Waals surface area contributed by atoms with Gasteiger partial charge in [0, 0.05) is 20.2 Å². The Morgan fingerprint density at radius 2 is 2.11 bits per heavy atom. The number of aryl methyl sites for hydroxylation is 1. The standard InChI is InChI=1S/C12H21N5O2/c1-8-7-9(15-10(13-5)14-6)17(16-8)11(18)19-12(2,3)4/h7H,1-6H3,(H2,13,14,15). The van der Waals surface area contributed by atoms with Crippen LogP contribution >= 0.6 is 0 Å². The van der Waals surface area contributed by atoms with Gasteiger partial charge in [-0.2, -0.15) is 5.10 Å². The van der Waals surface area contributed by atoms with E-state index in [1.165, 1.54) is 4.68 Å². The zero-order valence-electron chi connectivity index (χ0n) is 12.2. The molecule has 0 amide bonds. The molecule has 0 saturated heterocycles. The maximum atomic E-state index is 12.0. The summed E-state index contributed by atoms with van der Waals surface area (Å²) in [5, 5.41) is 9.96. The highest BCUT2D eigenvalue weighted by molar-refractivity contribution is 5.94. The Bertz CT molecular complexity index is 485. The normalized spacial score (nSPS) is 12.2. The van der Waals surface area contributed by atoms with Crippen molar-refractivity contribution in [3.05, 3.63) is 11.8 Å². The van der Waals surface area contributed by atoms with Crippen molar-refractivity contribution in [1.29, 1.82) is 0 Å². The molecule has 2 N–H and O–H groups in total. The van der Waals surface area contributed by atoms with Crippen molar-refractivity contribution in [2.24, 2.45) is 4.99 Å². The minimum atomic E-state index is -0.571. The maximum Gasteiger partial charge on any atom is 0.437 e. The highest BCUT2D eigenvalue weighted by Crippen LogP contribution is 2.14. The SMILES string of the molecule is CN=C(NC)Nc1cc(C)nn1C(=O)OC(C)(C)C. The lowest BCUT2D eigenvalue weighted by Gasteiger charge is -2.19. The molecule has 0 fully saturated rings. The summed E-state index contributed by atoms with van der Waals surface area (Å²) in [6.07, 6.45) is -0.533. The van der Waals surface area contributed by atoms with Gasteiger partial charge >= 0.3 is 6.09 Å². The lowest BCUT2D eigenvalue weighted by molar-refractivity contribution is 0.0518. The number of ether oxygens (including phenoxy) is 1. The molecule has 0 aromatic carbocycles. The van der Waals surface area contributed by atoms with Crippen molar-refractivity contribution in [2.45, 2.75) is 33.3 Å². The predicted octanol–water partition coefficient (Wildman–Crippen LogP) is 1.59. The molecule has 1 heterocycles. The average molecular weight is 267 g/mol. The van der Waals surface area contributed by atoms with Gasteiger partial charge in [-0.25, -0.2) is 4.79 Å². The number of aromatic nitrogens is 2. The van der Waals surface area contributed by atoms with Crippen LogP contribution in [-0.2, 0) is 4.74 Å². The Kier molecular flexibility index (Phi) is 4.52. The second-order valence-corrected chi connectivity index (χ2v) is 5.01. The Morgan fingerprint density at radius 1 is 1.47 bits per heavy atom. The lowest BCUT2D eigenvalue weighted by atomic mass is 10.2. The van der Waals surface area contributed by atoms with Gasteiger partial charge in [-0.05, 0) is 27.7 Å². The van der Waals surface area contributed by atoms with Gasteiger partial charge in [-0.3, -0.25) is 4.99 Å². The van der Waals surface area contributed by atoms with E-state index >= 15 is 0 Å². The summed E-state index contributed by atoms with van der Waals surface area (Å²) in [5.41, 5.74) is 0.138. The molecule has 1 aromatic heterocycles. The molecule has 106 valence electrons. The molecule has 0 atom stereocenters. The number of aliphatic imine (C=N–C) groups is 1. The minimum Gasteiger partial charge on any atom is -0.442 e. The molecule has 19 heavy (non-hydrogen) atoms. The summed E-state index contributed by atoms with van der Waals surface area (Å²) < 4.78 is 6.47. The first-order chi connectivity index (χ1) is 8.76. The van der Waals surface area contributed by atoms with Crippen LogP contribution in [0.1, 0.15) is 26.5 Å². The Morgan fingerprint density at radius 3 is 2.58 bits per heavy atom. The fourth-order valence-electron chi connectivity index (χ4n) is 1.38. The Hall–Kier alpha value is -2.05. The van der Waals surface area contributed by atoms with E-state index in [1.807, 2.05) is 0 Å². The first-order valence-electron chi connectivity index (χ1n) is 5.98. The summed E-state index contributed by atoms with van der Waals surface area (Å²) in [5.74, 6) is 1.03. The van der Waals surface area contributed by atoms with Crippen LogP contribution in [0.25, 0.3) is 0 Å². The van der Waals surface area contributed by atoms with Crippen molar-refractivity contribution >= 4 is 17.9 Å². The lowest BCUT2D eigenvalue weighted by Crippen LogP contribution is -2.32. The zero-order chi connectivity index (χ0) is 14.6. The summed E-state index contributed by atoms with van der Waals surface area (Å²) in [7, 11) is 3.37. The van der Waals surface area contributed by atoms with E-state index < -0.39 is 11.7 Å². The number of carbonyl (C=O) groups excluding carboxylic acids is 1. The number of anilines is 1. The fraction of sp³-hybridized carbons (Fsp3) is 0.583. The van der Waals surface area contributed by atoms with E-state index in [4.69, 9.17) is 4.74 Å². The quantitative estimate of drug-likeness (QED) is 0.596. The van der Waals surface area contributed by atoms with Crippen molar-refractivity contribution in [1.82, 2.24) is 15.1 Å². The highest BCUT2D eigenvalue weighted by Gasteiger charge is 2.21. The monoisotopic (exact) mass is 267 g/mol. The second kappa shape index (κ2) is 5.73. The molecule has 0 aliphatic heterocycles. The van der Waals surface area contributed by atoms with Gasteiger partial charge in [0.2, 0.25) is 0 Å². The third kappa shape index (κ3) is 4.27. The number of nitrogens with zero attached hydrogens (tertiary/aromatic N) is 3. The van der Waals surface area contributed by atoms with E-state index in [2.05, 4.69) is 20.7 Å². The molecule has 0 bridgehead atoms. The highest BCUT2D eigenvalue weighted by atomic mass is 16.6. The van der Waals surface area contributed by atoms with Crippen LogP contribution in [0.3, 0.4) is 0 Å². The van der Waals surface area contributed by atoms with Crippen LogP contribution in [-0.4, -0.2) is 41.5 Å². The number of nitrogens with one attached hydrogen (secondary N) is 2. The van der Waals surface area contributed by atoms with Crippen molar-refractivity contribution in [3.63, 3.8) is 0 Å². The average Bonchev–Trinajstić information content (AvgIpc) is 2.65. The van der Waals surface area contributed by atoms with Crippen LogP contribution < -0.4 is 10.6 Å². The Balaban J connectivity index is 2.99. The number of guanidine groups is 1. The summed E-state index contributed by atoms with van der Waals surface area (Å²) in [4.78, 5) is 16.0. The van der Waals surface area contributed by atoms with Crippen molar-refractivity contribution < 1.29 is 9.53 Å². The number of hydrogen-bond acceptors (Lipinski definition) is 4. The molecule has 0 aliphatic carbocycles. The van der Waals surface area contributed by atoms with Crippen molar-refractivity contribution in [2.75, 3.05) is 19.4 Å². The topological polar surface area (TPSA) is 80.5 Å². The molecule has 0 unspecified atom stereocenters. The molecular formula is C12H21N5O2. The molecular weight excluding hydrogens is 246 g/mol. The molecule has 1 rings (SSSR count). The van der Waals surface area contributed by atoms with Crippen LogP contribution in [0, 0.1) is 6.92 Å². The van der Waals surface area contributed by atoms with E-state index in [0.717, 1.165) is 0 Å². The summed E-state index contributed by atoms with van der Waals surface area (Å²) in [6, 6.07) is 1.74. The summed E-state index contributed by atoms with van der Waals surface area (Å²) >= 11 is 0. The van der Waals surface area contributed by atoms with Gasteiger partial charge in [0.05, 0.1) is 5.69 Å². The fourth-order valence-corrected chi connectivity index (χ4v) is 1.38. The van der Waals surface area contributed by atoms with Gasteiger partial charge in [0.15, 0.2) is 5.96 Å². The first-order valence-corrected chi connectivity index (χ1v) is 5.98. The molecule has 0 saturated carbocycles. The maximum absolute atomic E-state index is 12.0. The van der Waals surface area contributed by atoms with Crippen LogP contribution in [0.15, 0.2) is 11.1 Å². The largest absolute Gasteiger partial charge is 0.442 e. The number of hydrogen-bond donors (Lipinski definition) is 2. The summed E-state index contributed by atoms with van der Waals surface area (Å²) in [6.45, 7) is 7.22. The van der Waals surface area contributed by atoms with Gasteiger partial charge < -0.3 is 15.4 Å². The van der Waals surface area contributed by atoms with Crippen molar-refractivity contribution in [3.8, 4) is 0 Å². The van der Waals surface area contributed by atoms with Gasteiger partial charge in [-0.15, -0.1) is 4.68 Å². The molecule has 0 aliphatic rings. The zero-order valence-corrected chi connectivity index (χ0v) is 12.2. The molecule has 1 aromatic rings. The van der Waals surface area contributed by atoms with E-state index in [9.17, 15) is 4.79 Å². The van der Waals surface area contributed by atoms with Gasteiger partial charge in [0.25, 0.3) is 0 Å². The third-order valence-electron chi connectivity index (χ3n) is 2.10. The number of carbonyl (C=O) groups is 1. The Labute approximate surface area is 113 Å². The second-order valence-electron chi connectivity index (χ2n) is 5.01. The van der Waals surface area contributed by atoms with Gasteiger partial charge in [-0.1, -0.05) is 0 Å². The smallest absolute Gasteiger partial charge is 0.437 e. The third-order valence-corrected chi connectivity index (χ3v) is 2.10. The van der Waals surface area contributed by atoms with Crippen LogP contribution in [0.5, 0.6) is 0 Å². The van der Waals surface area contributed by atoms with E-state index in [0.29, 0.717) is 17.5 Å². The van der Waals surface area contributed by atoms with Crippen LogP contribution in [0.4, 0.5) is 10.6 Å². The molecule has 7 nitrogen and oxygen atoms in total. The van der Waals surface area contributed by atoms with E-state index in [-0.39, 0.29) is 0 Å². The van der Waals surface area contributed by atoms with E-state index in [1.54, 1.807) is 47.9 Å². The molecule has 7 heteroatoms. The van der Waals surface area contributed by atoms with Gasteiger partial charge in [0.1, 0.15) is 11.4 Å². The number of rotatable bonds is 1. The van der Waals surface area contributed by atoms with Crippen LogP contribution in [0.2, 0.25) is 0 Å².